The second-order valence-electron chi connectivity index (χ2n) is 5.65. The summed E-state index contributed by atoms with van der Waals surface area (Å²) in [6.45, 7) is 6.49. The number of aryl methyl sites for hydroxylation is 1. The molecule has 1 unspecified atom stereocenters. The number of nitrogens with one attached hydrogen (secondary N) is 1. The molecule has 3 rings (SSSR count). The fraction of sp³-hybridized carbons (Fsp3) is 0.294. The van der Waals surface area contributed by atoms with Gasteiger partial charge in [0.05, 0.1) is 11.7 Å². The van der Waals surface area contributed by atoms with E-state index in [0.717, 1.165) is 0 Å². The lowest BCUT2D eigenvalue weighted by molar-refractivity contribution is 0.240. The van der Waals surface area contributed by atoms with Crippen LogP contribution in [0.4, 0.5) is 5.69 Å². The predicted octanol–water partition coefficient (Wildman–Crippen LogP) is 3.84. The number of phenolic OH excluding ortho intramolecular Hbond substituents is 1. The Morgan fingerprint density at radius 1 is 1.10 bits per heavy atom. The topological polar surface area (TPSA) is 35.5 Å². The van der Waals surface area contributed by atoms with E-state index in [2.05, 4.69) is 49.4 Å². The first kappa shape index (κ1) is 13.0. The average Bonchev–Trinajstić information content (AvgIpc) is 2.81. The van der Waals surface area contributed by atoms with Crippen LogP contribution in [0.1, 0.15) is 36.6 Å². The number of fused-ring (bicyclic) bond motifs is 1. The fourth-order valence-corrected chi connectivity index (χ4v) is 2.84. The van der Waals surface area contributed by atoms with Crippen molar-refractivity contribution in [3.05, 3.63) is 59.2 Å². The van der Waals surface area contributed by atoms with Crippen LogP contribution in [0, 0.1) is 6.92 Å². The number of hydrogen-bond donors (Lipinski definition) is 2. The van der Waals surface area contributed by atoms with Gasteiger partial charge >= 0.3 is 0 Å². The third-order valence-electron chi connectivity index (χ3n) is 3.88. The number of nitrogens with zero attached hydrogens (tertiary/aromatic N) is 1. The molecule has 2 aromatic rings. The molecule has 0 aliphatic carbocycles. The van der Waals surface area contributed by atoms with E-state index < -0.39 is 0 Å². The van der Waals surface area contributed by atoms with Gasteiger partial charge in [-0.25, -0.2) is 5.01 Å². The predicted molar refractivity (Wildman–Crippen MR) is 81.7 cm³/mol. The van der Waals surface area contributed by atoms with E-state index in [0.29, 0.717) is 11.8 Å². The minimum Gasteiger partial charge on any atom is -0.508 e. The molecule has 1 atom stereocenters. The maximum Gasteiger partial charge on any atom is 0.115 e. The number of hydrogen-bond acceptors (Lipinski definition) is 3. The quantitative estimate of drug-likeness (QED) is 0.868. The summed E-state index contributed by atoms with van der Waals surface area (Å²) in [5.41, 5.74) is 8.49. The molecule has 2 aromatic carbocycles. The minimum atomic E-state index is 0.186. The highest BCUT2D eigenvalue weighted by molar-refractivity contribution is 5.63. The van der Waals surface area contributed by atoms with Crippen molar-refractivity contribution in [1.82, 2.24) is 5.01 Å². The Labute approximate surface area is 119 Å². The fourth-order valence-electron chi connectivity index (χ4n) is 2.84. The number of rotatable bonds is 2. The molecule has 104 valence electrons. The van der Waals surface area contributed by atoms with E-state index in [-0.39, 0.29) is 6.04 Å². The summed E-state index contributed by atoms with van der Waals surface area (Å²) in [6.07, 6.45) is 0. The Hall–Kier alpha value is -2.00. The maximum absolute atomic E-state index is 9.48. The highest BCUT2D eigenvalue weighted by Crippen LogP contribution is 2.42. The van der Waals surface area contributed by atoms with Crippen LogP contribution < -0.4 is 5.43 Å². The minimum absolute atomic E-state index is 0.186. The molecule has 20 heavy (non-hydrogen) atoms. The molecule has 0 radical (unpaired) electrons. The van der Waals surface area contributed by atoms with Crippen LogP contribution in [-0.4, -0.2) is 16.2 Å². The van der Waals surface area contributed by atoms with Crippen LogP contribution in [0.25, 0.3) is 0 Å². The molecule has 0 spiro atoms. The van der Waals surface area contributed by atoms with Crippen molar-refractivity contribution in [1.29, 1.82) is 0 Å². The first-order chi connectivity index (χ1) is 9.58. The monoisotopic (exact) mass is 268 g/mol. The molecule has 3 heteroatoms. The van der Waals surface area contributed by atoms with Crippen molar-refractivity contribution < 1.29 is 5.11 Å². The van der Waals surface area contributed by atoms with Gasteiger partial charge in [-0.2, -0.15) is 0 Å². The van der Waals surface area contributed by atoms with E-state index >= 15 is 0 Å². The van der Waals surface area contributed by atoms with Crippen LogP contribution in [0.15, 0.2) is 42.5 Å². The van der Waals surface area contributed by atoms with Gasteiger partial charge in [-0.05, 0) is 44.0 Å². The Balaban J connectivity index is 2.11. The Bertz CT molecular complexity index is 619. The molecule has 0 bridgehead atoms. The van der Waals surface area contributed by atoms with Crippen LogP contribution in [-0.2, 0) is 0 Å². The summed E-state index contributed by atoms with van der Waals surface area (Å²) in [6, 6.07) is 14.5. The van der Waals surface area contributed by atoms with Crippen molar-refractivity contribution in [2.75, 3.05) is 5.43 Å². The Morgan fingerprint density at radius 2 is 1.80 bits per heavy atom. The molecular weight excluding hydrogens is 248 g/mol. The van der Waals surface area contributed by atoms with Crippen LogP contribution >= 0.6 is 0 Å². The Morgan fingerprint density at radius 3 is 2.45 bits per heavy atom. The third-order valence-corrected chi connectivity index (χ3v) is 3.88. The van der Waals surface area contributed by atoms with Crippen molar-refractivity contribution in [2.24, 2.45) is 0 Å². The molecule has 0 fully saturated rings. The van der Waals surface area contributed by atoms with Gasteiger partial charge in [0.25, 0.3) is 0 Å². The van der Waals surface area contributed by atoms with Gasteiger partial charge in [-0.1, -0.05) is 30.3 Å². The first-order valence-electron chi connectivity index (χ1n) is 7.01. The summed E-state index contributed by atoms with van der Waals surface area (Å²) in [7, 11) is 0. The van der Waals surface area contributed by atoms with Crippen molar-refractivity contribution in [2.45, 2.75) is 32.9 Å². The van der Waals surface area contributed by atoms with Crippen LogP contribution in [0.3, 0.4) is 0 Å². The van der Waals surface area contributed by atoms with Gasteiger partial charge in [0.15, 0.2) is 0 Å². The smallest absolute Gasteiger partial charge is 0.115 e. The maximum atomic E-state index is 9.48. The number of anilines is 1. The summed E-state index contributed by atoms with van der Waals surface area (Å²) in [4.78, 5) is 0. The second kappa shape index (κ2) is 4.84. The molecule has 0 aromatic heterocycles. The molecule has 0 saturated carbocycles. The largest absolute Gasteiger partial charge is 0.508 e. The zero-order valence-electron chi connectivity index (χ0n) is 12.1. The molecule has 0 amide bonds. The van der Waals surface area contributed by atoms with Gasteiger partial charge in [0.1, 0.15) is 5.75 Å². The summed E-state index contributed by atoms with van der Waals surface area (Å²) < 4.78 is 0. The molecule has 3 nitrogen and oxygen atoms in total. The normalized spacial score (nSPS) is 18.1. The lowest BCUT2D eigenvalue weighted by Gasteiger charge is -2.28. The molecule has 1 heterocycles. The molecule has 2 N–H and O–H groups in total. The van der Waals surface area contributed by atoms with Crippen molar-refractivity contribution >= 4 is 5.69 Å². The molecule has 1 aliphatic heterocycles. The molecular formula is C17H20N2O. The highest BCUT2D eigenvalue weighted by Gasteiger charge is 2.33. The number of hydrazine groups is 1. The van der Waals surface area contributed by atoms with Crippen molar-refractivity contribution in [3.8, 4) is 5.75 Å². The SMILES string of the molecule is Cc1cccc2c1NN(C(C)C)C2c1ccc(O)cc1. The van der Waals surface area contributed by atoms with Gasteiger partial charge in [0.2, 0.25) is 0 Å². The van der Waals surface area contributed by atoms with Gasteiger partial charge in [-0.3, -0.25) is 0 Å². The lowest BCUT2D eigenvalue weighted by atomic mass is 9.96. The second-order valence-corrected chi connectivity index (χ2v) is 5.65. The van der Waals surface area contributed by atoms with E-state index in [1.807, 2.05) is 12.1 Å². The van der Waals surface area contributed by atoms with Gasteiger partial charge in [0, 0.05) is 11.6 Å². The summed E-state index contributed by atoms with van der Waals surface area (Å²) >= 11 is 0. The summed E-state index contributed by atoms with van der Waals surface area (Å²) in [5.74, 6) is 0.306. The highest BCUT2D eigenvalue weighted by atomic mass is 16.3. The Kier molecular flexibility index (Phi) is 3.14. The van der Waals surface area contributed by atoms with Crippen molar-refractivity contribution in [3.63, 3.8) is 0 Å². The first-order valence-corrected chi connectivity index (χ1v) is 7.01. The molecule has 1 aliphatic rings. The number of para-hydroxylation sites is 1. The van der Waals surface area contributed by atoms with Gasteiger partial charge in [-0.15, -0.1) is 0 Å². The van der Waals surface area contributed by atoms with Crippen LogP contribution in [0.5, 0.6) is 5.75 Å². The zero-order valence-corrected chi connectivity index (χ0v) is 12.1. The summed E-state index contributed by atoms with van der Waals surface area (Å²) in [5, 5.41) is 11.8. The average molecular weight is 268 g/mol. The molecule has 0 saturated heterocycles. The third kappa shape index (κ3) is 2.04. The number of aromatic hydroxyl groups is 1. The van der Waals surface area contributed by atoms with E-state index in [4.69, 9.17) is 0 Å². The number of phenols is 1. The lowest BCUT2D eigenvalue weighted by Crippen LogP contribution is -2.35. The van der Waals surface area contributed by atoms with Gasteiger partial charge < -0.3 is 10.5 Å². The standard InChI is InChI=1S/C17H20N2O/c1-11(2)19-17(13-7-9-14(20)10-8-13)15-6-4-5-12(3)16(15)18-19/h4-11,17-18,20H,1-3H3. The van der Waals surface area contributed by atoms with Crippen LogP contribution in [0.2, 0.25) is 0 Å². The zero-order chi connectivity index (χ0) is 14.3. The number of benzene rings is 2. The van der Waals surface area contributed by atoms with E-state index in [1.54, 1.807) is 12.1 Å². The van der Waals surface area contributed by atoms with E-state index in [1.165, 1.54) is 22.4 Å². The van der Waals surface area contributed by atoms with E-state index in [9.17, 15) is 5.11 Å².